The molecule has 0 spiro atoms. The van der Waals surface area contributed by atoms with Crippen molar-refractivity contribution in [2.45, 2.75) is 24.1 Å². The molecular weight excluding hydrogens is 496 g/mol. The van der Waals surface area contributed by atoms with Gasteiger partial charge in [0.25, 0.3) is 0 Å². The van der Waals surface area contributed by atoms with Gasteiger partial charge in [0.1, 0.15) is 0 Å². The zero-order valence-electron chi connectivity index (χ0n) is 18.8. The van der Waals surface area contributed by atoms with Gasteiger partial charge in [-0.2, -0.15) is 0 Å². The number of aromatic nitrogens is 2. The first kappa shape index (κ1) is 22.9. The van der Waals surface area contributed by atoms with Gasteiger partial charge in [0.2, 0.25) is 0 Å². The van der Waals surface area contributed by atoms with Gasteiger partial charge >= 0.3 is 206 Å². The molecule has 2 fully saturated rings. The third-order valence-electron chi connectivity index (χ3n) is 6.50. The van der Waals surface area contributed by atoms with Crippen LogP contribution in [0.2, 0.25) is 4.71 Å². The van der Waals surface area contributed by atoms with Crippen LogP contribution in [0, 0.1) is 17.1 Å². The van der Waals surface area contributed by atoms with Gasteiger partial charge in [0.15, 0.2) is 0 Å². The number of halogens is 1. The molecule has 1 aromatic heterocycles. The van der Waals surface area contributed by atoms with Crippen molar-refractivity contribution >= 4 is 39.4 Å². The van der Waals surface area contributed by atoms with Gasteiger partial charge in [-0.05, 0) is 0 Å². The average Bonchev–Trinajstić information content (AvgIpc) is 2.86. The Bertz CT molecular complexity index is 1320. The first-order valence-electron chi connectivity index (χ1n) is 11.5. The second-order valence-electron chi connectivity index (χ2n) is 8.73. The summed E-state index contributed by atoms with van der Waals surface area (Å²) in [6.07, 6.45) is 2.11. The minimum absolute atomic E-state index is 0.202. The third-order valence-corrected chi connectivity index (χ3v) is 7.38. The van der Waals surface area contributed by atoms with Crippen LogP contribution in [0.5, 0.6) is 0 Å². The van der Waals surface area contributed by atoms with Gasteiger partial charge in [-0.3, -0.25) is 0 Å². The Morgan fingerprint density at radius 1 is 1.18 bits per heavy atom. The van der Waals surface area contributed by atoms with Crippen LogP contribution >= 0.6 is 0 Å². The van der Waals surface area contributed by atoms with Crippen molar-refractivity contribution in [3.05, 3.63) is 63.7 Å². The van der Waals surface area contributed by atoms with E-state index in [0.717, 1.165) is 31.5 Å². The molecule has 5 rings (SSSR count). The number of benzene rings is 2. The SMILES string of the molecule is N#Cc1ccccc1Cn1c(N2CCC[C@@H]([As])C2)nc2cc(N3CCOCC3)c(F)cc2c1=O. The summed E-state index contributed by atoms with van der Waals surface area (Å²) in [7, 11) is 0. The molecule has 2 saturated heterocycles. The standard InChI is InChI=1S/C25H25AsFN5O2/c26-19-6-3-7-31(16-19)25-29-22-13-23(30-8-10-34-11-9-30)21(27)12-20(22)24(33)32(25)15-18-5-2-1-4-17(18)14-28/h1-2,4-5,12-13,19H,3,6-11,15-16H2/t19-/m1/s1. The van der Waals surface area contributed by atoms with E-state index in [1.807, 2.05) is 17.0 Å². The maximum atomic E-state index is 15.2. The number of piperidine rings is 1. The molecular formula is C25H25AsFN5O2. The average molecular weight is 521 g/mol. The van der Waals surface area contributed by atoms with Gasteiger partial charge in [-0.25, -0.2) is 0 Å². The third kappa shape index (κ3) is 4.43. The molecule has 7 nitrogen and oxygen atoms in total. The Morgan fingerprint density at radius 3 is 2.74 bits per heavy atom. The number of hydrogen-bond acceptors (Lipinski definition) is 6. The van der Waals surface area contributed by atoms with Crippen LogP contribution in [0.3, 0.4) is 0 Å². The second kappa shape index (κ2) is 9.77. The van der Waals surface area contributed by atoms with Gasteiger partial charge in [0.05, 0.1) is 0 Å². The zero-order valence-corrected chi connectivity index (χ0v) is 20.7. The number of rotatable bonds is 4. The van der Waals surface area contributed by atoms with E-state index >= 15 is 4.39 Å². The number of nitrogens with zero attached hydrogens (tertiary/aromatic N) is 5. The van der Waals surface area contributed by atoms with Gasteiger partial charge in [-0.1, -0.05) is 0 Å². The fourth-order valence-corrected chi connectivity index (χ4v) is 5.52. The molecule has 0 saturated carbocycles. The fraction of sp³-hybridized carbons (Fsp3) is 0.400. The summed E-state index contributed by atoms with van der Waals surface area (Å²) in [5.74, 6) is 0.134. The summed E-state index contributed by atoms with van der Waals surface area (Å²) in [5, 5.41) is 9.80. The van der Waals surface area contributed by atoms with Gasteiger partial charge in [0, 0.05) is 0 Å². The van der Waals surface area contributed by atoms with Gasteiger partial charge in [-0.15, -0.1) is 0 Å². The van der Waals surface area contributed by atoms with E-state index in [1.54, 1.807) is 22.8 Å². The topological polar surface area (TPSA) is 74.4 Å². The predicted molar refractivity (Wildman–Crippen MR) is 130 cm³/mol. The summed E-state index contributed by atoms with van der Waals surface area (Å²) in [6.45, 7) is 4.05. The summed E-state index contributed by atoms with van der Waals surface area (Å²) in [5.41, 5.74) is 1.89. The van der Waals surface area contributed by atoms with Crippen molar-refractivity contribution < 1.29 is 9.13 Å². The van der Waals surface area contributed by atoms with E-state index < -0.39 is 5.82 Å². The van der Waals surface area contributed by atoms with Crippen molar-refractivity contribution in [1.82, 2.24) is 9.55 Å². The number of hydrogen-bond donors (Lipinski definition) is 0. The van der Waals surface area contributed by atoms with Crippen LogP contribution in [0.15, 0.2) is 41.2 Å². The molecule has 1 atom stereocenters. The Morgan fingerprint density at radius 2 is 1.97 bits per heavy atom. The Kier molecular flexibility index (Phi) is 6.58. The number of morpholine rings is 1. The predicted octanol–water partition coefficient (Wildman–Crippen LogP) is 2.85. The molecule has 0 N–H and O–H groups in total. The van der Waals surface area contributed by atoms with Gasteiger partial charge < -0.3 is 0 Å². The minimum atomic E-state index is -0.436. The molecule has 3 heterocycles. The summed E-state index contributed by atoms with van der Waals surface area (Å²) < 4.78 is 22.6. The number of fused-ring (bicyclic) bond motifs is 1. The Labute approximate surface area is 206 Å². The number of nitriles is 1. The summed E-state index contributed by atoms with van der Waals surface area (Å²) in [6, 6.07) is 12.4. The molecule has 2 aliphatic rings. The van der Waals surface area contributed by atoms with E-state index in [-0.39, 0.29) is 17.5 Å². The van der Waals surface area contributed by atoms with Crippen LogP contribution in [0.25, 0.3) is 10.9 Å². The molecule has 0 amide bonds. The maximum absolute atomic E-state index is 15.2. The van der Waals surface area contributed by atoms with Crippen molar-refractivity contribution in [1.29, 1.82) is 5.26 Å². The normalized spacial score (nSPS) is 18.8. The van der Waals surface area contributed by atoms with Crippen LogP contribution in [-0.2, 0) is 11.3 Å². The first-order chi connectivity index (χ1) is 16.5. The summed E-state index contributed by atoms with van der Waals surface area (Å²) in [4.78, 5) is 22.7. The molecule has 2 aliphatic heterocycles. The van der Waals surface area contributed by atoms with Crippen LogP contribution in [0.1, 0.15) is 24.0 Å². The van der Waals surface area contributed by atoms with Crippen molar-refractivity contribution in [3.8, 4) is 6.07 Å². The van der Waals surface area contributed by atoms with E-state index in [9.17, 15) is 10.1 Å². The number of ether oxygens (including phenoxy) is 1. The molecule has 0 bridgehead atoms. The molecule has 2 radical (unpaired) electrons. The van der Waals surface area contributed by atoms with E-state index in [2.05, 4.69) is 27.8 Å². The molecule has 174 valence electrons. The molecule has 34 heavy (non-hydrogen) atoms. The van der Waals surface area contributed by atoms with E-state index in [1.165, 1.54) is 6.07 Å². The fourth-order valence-electron chi connectivity index (χ4n) is 4.72. The summed E-state index contributed by atoms with van der Waals surface area (Å²) >= 11 is 2.71. The Hall–Kier alpha value is -2.88. The van der Waals surface area contributed by atoms with E-state index in [0.29, 0.717) is 53.7 Å². The van der Waals surface area contributed by atoms with Crippen LogP contribution < -0.4 is 15.4 Å². The molecule has 9 heteroatoms. The molecule has 3 aromatic rings. The monoisotopic (exact) mass is 521 g/mol. The zero-order chi connectivity index (χ0) is 23.7. The van der Waals surface area contributed by atoms with Crippen LogP contribution in [-0.4, -0.2) is 65.8 Å². The molecule has 0 unspecified atom stereocenters. The van der Waals surface area contributed by atoms with Crippen molar-refractivity contribution in [3.63, 3.8) is 0 Å². The van der Waals surface area contributed by atoms with E-state index in [4.69, 9.17) is 9.72 Å². The molecule has 2 aromatic carbocycles. The van der Waals surface area contributed by atoms with Crippen molar-refractivity contribution in [2.75, 3.05) is 49.2 Å². The molecule has 0 aliphatic carbocycles. The van der Waals surface area contributed by atoms with Crippen LogP contribution in [0.4, 0.5) is 16.0 Å². The Balaban J connectivity index is 1.67. The first-order valence-corrected chi connectivity index (χ1v) is 12.6. The second-order valence-corrected chi connectivity index (χ2v) is 10.3. The number of anilines is 2. The quantitative estimate of drug-likeness (QED) is 0.492. The van der Waals surface area contributed by atoms with Crippen molar-refractivity contribution in [2.24, 2.45) is 0 Å².